The van der Waals surface area contributed by atoms with Crippen LogP contribution in [0.3, 0.4) is 0 Å². The van der Waals surface area contributed by atoms with Gasteiger partial charge in [0.15, 0.2) is 5.96 Å². The van der Waals surface area contributed by atoms with Gasteiger partial charge >= 0.3 is 0 Å². The molecule has 0 saturated carbocycles. The van der Waals surface area contributed by atoms with Crippen LogP contribution in [0.15, 0.2) is 33.7 Å². The molecule has 5 nitrogen and oxygen atoms in total. The molecule has 0 bridgehead atoms. The lowest BCUT2D eigenvalue weighted by Gasteiger charge is -2.32. The predicted octanol–water partition coefficient (Wildman–Crippen LogP) is 2.74. The SMILES string of the molecule is CCC(C)CC(C=O)(COc1ccccc1Br)NC(N)=NC. The van der Waals surface area contributed by atoms with E-state index in [-0.39, 0.29) is 12.6 Å². The lowest BCUT2D eigenvalue weighted by atomic mass is 9.88. The Hall–Kier alpha value is -1.56. The van der Waals surface area contributed by atoms with E-state index in [0.717, 1.165) is 17.2 Å². The van der Waals surface area contributed by atoms with Crippen molar-refractivity contribution in [2.24, 2.45) is 16.6 Å². The summed E-state index contributed by atoms with van der Waals surface area (Å²) in [5.74, 6) is 1.27. The largest absolute Gasteiger partial charge is 0.489 e. The van der Waals surface area contributed by atoms with E-state index in [4.69, 9.17) is 10.5 Å². The molecule has 0 amide bonds. The number of ether oxygens (including phenoxy) is 1. The van der Waals surface area contributed by atoms with E-state index in [1.807, 2.05) is 24.3 Å². The number of hydrogen-bond donors (Lipinski definition) is 2. The molecule has 3 N–H and O–H groups in total. The summed E-state index contributed by atoms with van der Waals surface area (Å²) in [5, 5.41) is 3.00. The smallest absolute Gasteiger partial charge is 0.189 e. The molecule has 1 aromatic carbocycles. The molecule has 0 spiro atoms. The Morgan fingerprint density at radius 2 is 2.23 bits per heavy atom. The third-order valence-electron chi connectivity index (χ3n) is 3.58. The fourth-order valence-corrected chi connectivity index (χ4v) is 2.50. The van der Waals surface area contributed by atoms with Gasteiger partial charge < -0.3 is 20.6 Å². The zero-order chi connectivity index (χ0) is 16.6. The summed E-state index contributed by atoms with van der Waals surface area (Å²) in [6.45, 7) is 4.36. The lowest BCUT2D eigenvalue weighted by Crippen LogP contribution is -2.57. The number of rotatable bonds is 8. The van der Waals surface area contributed by atoms with E-state index in [1.165, 1.54) is 0 Å². The maximum atomic E-state index is 11.8. The minimum atomic E-state index is -0.895. The van der Waals surface area contributed by atoms with E-state index < -0.39 is 5.54 Å². The topological polar surface area (TPSA) is 76.7 Å². The van der Waals surface area contributed by atoms with Crippen molar-refractivity contribution in [3.05, 3.63) is 28.7 Å². The van der Waals surface area contributed by atoms with Crippen LogP contribution in [-0.2, 0) is 4.79 Å². The summed E-state index contributed by atoms with van der Waals surface area (Å²) >= 11 is 3.43. The van der Waals surface area contributed by atoms with Gasteiger partial charge in [-0.3, -0.25) is 4.99 Å². The molecule has 0 aliphatic carbocycles. The van der Waals surface area contributed by atoms with Gasteiger partial charge in [0.1, 0.15) is 24.2 Å². The summed E-state index contributed by atoms with van der Waals surface area (Å²) in [6, 6.07) is 7.53. The van der Waals surface area contributed by atoms with Gasteiger partial charge in [-0.05, 0) is 40.4 Å². The zero-order valence-corrected chi connectivity index (χ0v) is 14.9. The Bertz CT molecular complexity index is 522. The van der Waals surface area contributed by atoms with Crippen LogP contribution < -0.4 is 15.8 Å². The molecule has 122 valence electrons. The Morgan fingerprint density at radius 3 is 2.77 bits per heavy atom. The van der Waals surface area contributed by atoms with Crippen LogP contribution in [0, 0.1) is 5.92 Å². The third-order valence-corrected chi connectivity index (χ3v) is 4.23. The van der Waals surface area contributed by atoms with Crippen molar-refractivity contribution in [3.63, 3.8) is 0 Å². The molecule has 1 rings (SSSR count). The molecule has 0 fully saturated rings. The van der Waals surface area contributed by atoms with E-state index >= 15 is 0 Å². The van der Waals surface area contributed by atoms with Crippen molar-refractivity contribution in [2.75, 3.05) is 13.7 Å². The molecule has 1 aromatic rings. The Balaban J connectivity index is 2.93. The second-order valence-electron chi connectivity index (χ2n) is 5.44. The number of hydrogen-bond acceptors (Lipinski definition) is 3. The second-order valence-corrected chi connectivity index (χ2v) is 6.30. The summed E-state index contributed by atoms with van der Waals surface area (Å²) in [4.78, 5) is 15.7. The number of aliphatic imine (C=N–C) groups is 1. The van der Waals surface area contributed by atoms with E-state index in [1.54, 1.807) is 7.05 Å². The van der Waals surface area contributed by atoms with E-state index in [2.05, 4.69) is 40.1 Å². The van der Waals surface area contributed by atoms with Gasteiger partial charge in [0.05, 0.1) is 4.47 Å². The van der Waals surface area contributed by atoms with Crippen LogP contribution in [0.25, 0.3) is 0 Å². The fourth-order valence-electron chi connectivity index (χ4n) is 2.10. The highest BCUT2D eigenvalue weighted by molar-refractivity contribution is 9.10. The minimum Gasteiger partial charge on any atom is -0.489 e. The van der Waals surface area contributed by atoms with Gasteiger partial charge in [-0.25, -0.2) is 0 Å². The standard InChI is InChI=1S/C16H24BrN3O2/c1-4-12(2)9-16(10-21,20-15(18)19-3)11-22-14-8-6-5-7-13(14)17/h5-8,10,12H,4,9,11H2,1-3H3,(H3,18,19,20). The summed E-state index contributed by atoms with van der Waals surface area (Å²) in [5.41, 5.74) is 4.87. The molecular formula is C16H24BrN3O2. The van der Waals surface area contributed by atoms with Crippen molar-refractivity contribution in [1.29, 1.82) is 0 Å². The van der Waals surface area contributed by atoms with Crippen molar-refractivity contribution < 1.29 is 9.53 Å². The van der Waals surface area contributed by atoms with Gasteiger partial charge in [0.2, 0.25) is 0 Å². The summed E-state index contributed by atoms with van der Waals surface area (Å²) in [6.07, 6.45) is 2.46. The van der Waals surface area contributed by atoms with Crippen LogP contribution in [0.4, 0.5) is 0 Å². The molecule has 2 unspecified atom stereocenters. The average molecular weight is 370 g/mol. The van der Waals surface area contributed by atoms with E-state index in [9.17, 15) is 4.79 Å². The number of carbonyl (C=O) groups is 1. The molecular weight excluding hydrogens is 346 g/mol. The van der Waals surface area contributed by atoms with Crippen LogP contribution in [-0.4, -0.2) is 31.4 Å². The maximum Gasteiger partial charge on any atom is 0.189 e. The zero-order valence-electron chi connectivity index (χ0n) is 13.3. The number of nitrogens with one attached hydrogen (secondary N) is 1. The molecule has 0 aliphatic rings. The molecule has 0 aromatic heterocycles. The van der Waals surface area contributed by atoms with E-state index in [0.29, 0.717) is 18.1 Å². The number of guanidine groups is 1. The fraction of sp³-hybridized carbons (Fsp3) is 0.500. The number of aldehydes is 1. The molecule has 0 heterocycles. The highest BCUT2D eigenvalue weighted by Gasteiger charge is 2.33. The highest BCUT2D eigenvalue weighted by atomic mass is 79.9. The van der Waals surface area contributed by atoms with Gasteiger partial charge in [-0.2, -0.15) is 0 Å². The number of nitrogens with zero attached hydrogens (tertiary/aromatic N) is 1. The van der Waals surface area contributed by atoms with Gasteiger partial charge in [0, 0.05) is 7.05 Å². The molecule has 2 atom stereocenters. The van der Waals surface area contributed by atoms with Crippen LogP contribution in [0.2, 0.25) is 0 Å². The minimum absolute atomic E-state index is 0.180. The number of para-hydroxylation sites is 1. The monoisotopic (exact) mass is 369 g/mol. The lowest BCUT2D eigenvalue weighted by molar-refractivity contribution is -0.114. The quantitative estimate of drug-likeness (QED) is 0.419. The van der Waals surface area contributed by atoms with Gasteiger partial charge in [-0.1, -0.05) is 32.4 Å². The van der Waals surface area contributed by atoms with Gasteiger partial charge in [-0.15, -0.1) is 0 Å². The first-order valence-corrected chi connectivity index (χ1v) is 8.09. The number of benzene rings is 1. The van der Waals surface area contributed by atoms with Crippen LogP contribution in [0.1, 0.15) is 26.7 Å². The predicted molar refractivity (Wildman–Crippen MR) is 93.2 cm³/mol. The summed E-state index contributed by atoms with van der Waals surface area (Å²) < 4.78 is 6.68. The summed E-state index contributed by atoms with van der Waals surface area (Å²) in [7, 11) is 1.58. The molecule has 0 saturated heterocycles. The number of carbonyl (C=O) groups excluding carboxylic acids is 1. The average Bonchev–Trinajstić information content (AvgIpc) is 2.53. The second kappa shape index (κ2) is 8.78. The Morgan fingerprint density at radius 1 is 1.55 bits per heavy atom. The van der Waals surface area contributed by atoms with Crippen molar-refractivity contribution in [2.45, 2.75) is 32.2 Å². The first-order valence-electron chi connectivity index (χ1n) is 7.30. The van der Waals surface area contributed by atoms with Crippen LogP contribution in [0.5, 0.6) is 5.75 Å². The van der Waals surface area contributed by atoms with Crippen molar-refractivity contribution in [1.82, 2.24) is 5.32 Å². The third kappa shape index (κ3) is 5.33. The number of nitrogens with two attached hydrogens (primary N) is 1. The maximum absolute atomic E-state index is 11.8. The number of halogens is 1. The molecule has 22 heavy (non-hydrogen) atoms. The first kappa shape index (κ1) is 18.5. The normalized spacial score (nSPS) is 15.7. The first-order chi connectivity index (χ1) is 10.5. The van der Waals surface area contributed by atoms with Crippen molar-refractivity contribution >= 4 is 28.2 Å². The molecule has 6 heteroatoms. The van der Waals surface area contributed by atoms with Crippen LogP contribution >= 0.6 is 15.9 Å². The Labute approximate surface area is 140 Å². The Kier molecular flexibility index (Phi) is 7.38. The molecule has 0 radical (unpaired) electrons. The highest BCUT2D eigenvalue weighted by Crippen LogP contribution is 2.26. The molecule has 0 aliphatic heterocycles. The van der Waals surface area contributed by atoms with Gasteiger partial charge in [0.25, 0.3) is 0 Å². The van der Waals surface area contributed by atoms with Crippen molar-refractivity contribution in [3.8, 4) is 5.75 Å².